The zero-order valence-corrected chi connectivity index (χ0v) is 102. The molecule has 0 aliphatic heterocycles. The molecule has 119 heavy (non-hydrogen) atoms. The van der Waals surface area contributed by atoms with E-state index in [2.05, 4.69) is 440 Å². The fourth-order valence-electron chi connectivity index (χ4n) is 11.1. The van der Waals surface area contributed by atoms with E-state index in [0.29, 0.717) is 45.4 Å². The summed E-state index contributed by atoms with van der Waals surface area (Å²) in [4.78, 5) is 29.8. The van der Waals surface area contributed by atoms with Crippen molar-refractivity contribution in [1.82, 2.24) is 29.2 Å². The zero-order chi connectivity index (χ0) is 90.0. The summed E-state index contributed by atoms with van der Waals surface area (Å²) in [6.07, 6.45) is 5.86. The van der Waals surface area contributed by atoms with E-state index in [1.807, 2.05) is 18.2 Å². The number of likely N-dealkylation sites (N-methyl/N-ethyl adjacent to an activating group) is 5. The number of hydrogen-bond donors (Lipinski definition) is 0. The van der Waals surface area contributed by atoms with Gasteiger partial charge in [-0.3, -0.25) is 0 Å². The van der Waals surface area contributed by atoms with Crippen LogP contribution in [-0.2, 0) is 43.1 Å². The topological polar surface area (TPSA) is 43.2 Å². The van der Waals surface area contributed by atoms with Crippen LogP contribution in [0.3, 0.4) is 0 Å². The Kier molecular flexibility index (Phi) is 66.8. The van der Waals surface area contributed by atoms with Gasteiger partial charge in [0.15, 0.2) is 0 Å². The van der Waals surface area contributed by atoms with Crippen molar-refractivity contribution in [1.29, 1.82) is 5.26 Å². The van der Waals surface area contributed by atoms with Gasteiger partial charge in [0.2, 0.25) is 0 Å². The number of nitrogens with zero attached hydrogens (tertiary/aromatic N) is 7. The number of alkyl halides is 9. The fourth-order valence-corrected chi connectivity index (χ4v) is 28.2. The molecule has 0 N–H and O–H groups in total. The van der Waals surface area contributed by atoms with E-state index >= 15 is 0 Å². The molecule has 0 aliphatic rings. The summed E-state index contributed by atoms with van der Waals surface area (Å²) in [5.74, 6) is 0. The molecular weight excluding hydrogens is 2550 g/mol. The Morgan fingerprint density at radius 1 is 0.370 bits per heavy atom. The van der Waals surface area contributed by atoms with Crippen molar-refractivity contribution in [2.75, 3.05) is 124 Å². The SMILES string of the molecule is C[C@H](Cc1ccc(CI)cc1)N(C)C.C[I-]c1cc(C)c(C)cc1CCN(C)C.C[I-]c1cc(C)c(C)cc1C[C@@H](C)N(C)P(P)PP.C[I-]c1cc(C)ccc1C.C[I-]c1cc(C)ccc1C[C@@H](C)N(C)C.C[I-]c1ccc(C)cc1.C[I-]c1ccc(C)cc1C[C@@H](C)N(C)C.C[I-]c1ccc(CN(C)C)cc1.C[I-]c1cccc(C#N)c1. The third-order valence-electron chi connectivity index (χ3n) is 19.9. The van der Waals surface area contributed by atoms with E-state index < -0.39 is 0 Å². The van der Waals surface area contributed by atoms with E-state index in [-0.39, 0.29) is 156 Å². The van der Waals surface area contributed by atoms with Crippen molar-refractivity contribution in [3.63, 3.8) is 0 Å². The second kappa shape index (κ2) is 67.7. The molecule has 0 saturated carbocycles. The molecule has 0 aromatic heterocycles. The summed E-state index contributed by atoms with van der Waals surface area (Å²) < 4.78 is 16.1. The molecular formula is C99H150I9N7P4-8. The molecule has 0 amide bonds. The minimum atomic E-state index is -0.0532. The van der Waals surface area contributed by atoms with Crippen LogP contribution in [0.4, 0.5) is 0 Å². The molecule has 9 aromatic carbocycles. The van der Waals surface area contributed by atoms with Crippen LogP contribution in [0.1, 0.15) is 122 Å². The molecule has 4 unspecified atom stereocenters. The molecule has 20 heteroatoms. The third kappa shape index (κ3) is 50.5. The van der Waals surface area contributed by atoms with Crippen LogP contribution in [0.25, 0.3) is 0 Å². The molecule has 0 bridgehead atoms. The quantitative estimate of drug-likeness (QED) is 0.0319. The van der Waals surface area contributed by atoms with Crippen LogP contribution in [0.15, 0.2) is 176 Å². The Hall–Kier alpha value is 0.520. The maximum absolute atomic E-state index is 8.52. The Balaban J connectivity index is 0.000000674. The molecule has 7 nitrogen and oxygen atoms in total. The predicted molar refractivity (Wildman–Crippen MR) is 516 cm³/mol. The molecule has 0 radical (unpaired) electrons. The first-order chi connectivity index (χ1) is 56.3. The van der Waals surface area contributed by atoms with E-state index in [1.54, 1.807) is 40.1 Å². The summed E-state index contributed by atoms with van der Waals surface area (Å²) in [5, 5.41) is 8.52. The summed E-state index contributed by atoms with van der Waals surface area (Å²) in [6.45, 7) is 31.1. The van der Waals surface area contributed by atoms with Crippen LogP contribution in [0.2, 0.25) is 0 Å². The van der Waals surface area contributed by atoms with Crippen LogP contribution >= 0.6 is 55.9 Å². The summed E-state index contributed by atoms with van der Waals surface area (Å²) in [7, 11) is 30.4. The molecule has 672 valence electrons. The molecule has 0 saturated heterocycles. The maximum atomic E-state index is 8.52. The Bertz CT molecular complexity index is 4290. The average Bonchev–Trinajstić information content (AvgIpc) is 0.851. The number of rotatable bonds is 28. The Labute approximate surface area is 833 Å². The molecule has 9 aromatic rings. The van der Waals surface area contributed by atoms with E-state index in [0.717, 1.165) is 37.5 Å². The molecule has 9 rings (SSSR count). The second-order valence-electron chi connectivity index (χ2n) is 30.9. The summed E-state index contributed by atoms with van der Waals surface area (Å²) in [5.41, 5.74) is 24.0. The third-order valence-corrected chi connectivity index (χ3v) is 48.3. The van der Waals surface area contributed by atoms with Gasteiger partial charge >= 0.3 is 745 Å². The van der Waals surface area contributed by atoms with Crippen molar-refractivity contribution in [3.05, 3.63) is 299 Å². The molecule has 0 fully saturated rings. The molecule has 0 aliphatic carbocycles. The normalized spacial score (nSPS) is 12.4. The first-order valence-corrected chi connectivity index (χ1v) is 74.0. The summed E-state index contributed by atoms with van der Waals surface area (Å²) in [6, 6.07) is 69.3. The minimum absolute atomic E-state index is 0.0532. The van der Waals surface area contributed by atoms with Crippen LogP contribution in [0, 0.1) is 102 Å². The van der Waals surface area contributed by atoms with Crippen molar-refractivity contribution in [3.8, 4) is 6.07 Å². The Morgan fingerprint density at radius 2 is 0.765 bits per heavy atom. The van der Waals surface area contributed by atoms with Gasteiger partial charge in [0.25, 0.3) is 0 Å². The van der Waals surface area contributed by atoms with Gasteiger partial charge < -0.3 is 4.90 Å². The van der Waals surface area contributed by atoms with Crippen molar-refractivity contribution in [2.45, 2.75) is 157 Å². The molecule has 0 spiro atoms. The molecule has 8 atom stereocenters. The van der Waals surface area contributed by atoms with Crippen LogP contribution in [0.5, 0.6) is 0 Å². The van der Waals surface area contributed by atoms with Crippen molar-refractivity contribution in [2.24, 2.45) is 0 Å². The van der Waals surface area contributed by atoms with Crippen LogP contribution in [-0.4, -0.2) is 177 Å². The second-order valence-corrected chi connectivity index (χ2v) is 59.0. The number of halogens is 9. The predicted octanol–water partition coefficient (Wildman–Crippen LogP) is -2.05. The monoisotopic (exact) mass is 2700 g/mol. The Morgan fingerprint density at radius 3 is 1.22 bits per heavy atom. The van der Waals surface area contributed by atoms with Gasteiger partial charge in [0.05, 0.1) is 0 Å². The van der Waals surface area contributed by atoms with E-state index in [9.17, 15) is 0 Å². The average molecular weight is 2700 g/mol. The van der Waals surface area contributed by atoms with Gasteiger partial charge in [-0.05, 0) is 38.6 Å². The van der Waals surface area contributed by atoms with Gasteiger partial charge in [-0.15, -0.1) is 0 Å². The van der Waals surface area contributed by atoms with E-state index in [1.165, 1.54) is 103 Å². The van der Waals surface area contributed by atoms with Gasteiger partial charge in [0, 0.05) is 10.5 Å². The standard InChI is InChI=1S/C13H25INP4.3C13H21IN.C12H18IN.C10H15IN.C9H12I.C8H7IN.C8H10I/c1-9-6-12(13(14-4)7-10(9)2)8-11(3)15(5)19(17)18-16;1-10-8-12(6-7-15(4)5)13(14-3)9-11(10)2;1-10-6-7-13(14-3)12(8-10)9-11(2)15(4)5;1-10-6-7-12(13(8-10)14-3)9-11(2)15(4)5;1-10(14(2)3)8-11-4-6-12(9-13)7-5-11;1-11-10-6-4-9(5-7-10)8-12(2)3;1-7-4-5-8(2)9(6-7)10-3;1-9-8-4-2-3-7(5-8)6-10;1-7-3-5-8(9-2)6-4-7/h6-7,11,18H,8,16-17H2,1-5H3;8-9H,6-7H2,1-5H3;2*6-8,11H,9H2,1-5H3;4-7,10H,8-9H2,1-3H3;4-7H,8H2,1-3H3;4-6H,1-3H3;2-5H,1H3;3-6H,1-2H3/q4*-1;;4*-1/t11-,19?;;2*11-;10-;;;;/m1.111..../s1. The number of hydrogen-bond acceptors (Lipinski definition) is 7. The van der Waals surface area contributed by atoms with Gasteiger partial charge in [-0.1, -0.05) is 46.9 Å². The van der Waals surface area contributed by atoms with Crippen molar-refractivity contribution < 1.29 is 170 Å². The first-order valence-electron chi connectivity index (χ1n) is 40.1. The first kappa shape index (κ1) is 118. The van der Waals surface area contributed by atoms with Gasteiger partial charge in [-0.2, -0.15) is 0 Å². The van der Waals surface area contributed by atoms with Gasteiger partial charge in [0.1, 0.15) is 0 Å². The van der Waals surface area contributed by atoms with Crippen LogP contribution < -0.4 is 170 Å². The number of aryl methyl sites for hydroxylation is 9. The number of nitriles is 1. The zero-order valence-electron chi connectivity index (χ0n) is 78.3. The summed E-state index contributed by atoms with van der Waals surface area (Å²) >= 11 is 4.14. The van der Waals surface area contributed by atoms with Gasteiger partial charge in [-0.25, -0.2) is 0 Å². The van der Waals surface area contributed by atoms with E-state index in [4.69, 9.17) is 5.26 Å². The van der Waals surface area contributed by atoms with Crippen molar-refractivity contribution >= 4 is 55.9 Å². The fraction of sp³-hybridized carbons (Fsp3) is 0.444. The number of benzene rings is 9. The molecule has 0 heterocycles.